The van der Waals surface area contributed by atoms with Crippen LogP contribution < -0.4 is 14.8 Å². The SMILES string of the molecule is C#C.CC/C=N\N1C=CC(Oc2ccc(NC(=N/C=C/CC)c3c(C)ccc4c3OCC3=[N+]4CCN(C(=O)OC(C)(C)C)C3)cc2C)=CC1. The Morgan fingerprint density at radius 2 is 1.92 bits per heavy atom. The van der Waals surface area contributed by atoms with Crippen LogP contribution >= 0.6 is 0 Å². The van der Waals surface area contributed by atoms with Crippen LogP contribution in [-0.2, 0) is 4.74 Å². The van der Waals surface area contributed by atoms with E-state index >= 15 is 0 Å². The maximum atomic E-state index is 12.8. The molecule has 0 radical (unpaired) electrons. The average Bonchev–Trinajstić information content (AvgIpc) is 3.08. The molecule has 0 aliphatic carbocycles. The van der Waals surface area contributed by atoms with Crippen molar-refractivity contribution < 1.29 is 23.6 Å². The van der Waals surface area contributed by atoms with Crippen molar-refractivity contribution >= 4 is 35.2 Å². The number of anilines is 1. The molecule has 0 unspecified atom stereocenters. The summed E-state index contributed by atoms with van der Waals surface area (Å²) in [7, 11) is 0. The molecule has 1 amide bonds. The van der Waals surface area contributed by atoms with Gasteiger partial charge in [-0.1, -0.05) is 26.0 Å². The van der Waals surface area contributed by atoms with E-state index in [4.69, 9.17) is 19.2 Å². The fraction of sp³-hybridized carbons (Fsp3) is 0.385. The van der Waals surface area contributed by atoms with Crippen LogP contribution in [0.15, 0.2) is 76.8 Å². The van der Waals surface area contributed by atoms with Gasteiger partial charge in [-0.25, -0.2) is 9.79 Å². The molecular formula is C39H49N6O4+. The lowest BCUT2D eigenvalue weighted by atomic mass is 10.0. The van der Waals surface area contributed by atoms with Gasteiger partial charge in [-0.2, -0.15) is 9.68 Å². The average molecular weight is 666 g/mol. The van der Waals surface area contributed by atoms with Gasteiger partial charge in [-0.3, -0.25) is 9.91 Å². The van der Waals surface area contributed by atoms with Crippen LogP contribution in [0.5, 0.6) is 11.5 Å². The molecule has 3 aliphatic rings. The third-order valence-corrected chi connectivity index (χ3v) is 7.77. The van der Waals surface area contributed by atoms with Crippen molar-refractivity contribution in [1.82, 2.24) is 9.91 Å². The zero-order valence-corrected chi connectivity index (χ0v) is 29.8. The molecule has 1 N–H and O–H groups in total. The van der Waals surface area contributed by atoms with Gasteiger partial charge in [0.25, 0.3) is 0 Å². The van der Waals surface area contributed by atoms with Gasteiger partial charge in [-0.15, -0.1) is 12.8 Å². The summed E-state index contributed by atoms with van der Waals surface area (Å²) >= 11 is 0. The molecule has 10 nitrogen and oxygen atoms in total. The van der Waals surface area contributed by atoms with E-state index in [2.05, 4.69) is 66.8 Å². The summed E-state index contributed by atoms with van der Waals surface area (Å²) in [5.41, 5.74) is 5.28. The summed E-state index contributed by atoms with van der Waals surface area (Å²) in [5, 5.41) is 9.84. The predicted molar refractivity (Wildman–Crippen MR) is 198 cm³/mol. The van der Waals surface area contributed by atoms with Gasteiger partial charge in [0.05, 0.1) is 18.7 Å². The number of allylic oxidation sites excluding steroid dienone is 2. The van der Waals surface area contributed by atoms with Gasteiger partial charge in [0, 0.05) is 30.4 Å². The highest BCUT2D eigenvalue weighted by atomic mass is 16.6. The molecule has 49 heavy (non-hydrogen) atoms. The summed E-state index contributed by atoms with van der Waals surface area (Å²) < 4.78 is 20.6. The zero-order chi connectivity index (χ0) is 35.6. The molecule has 258 valence electrons. The molecule has 0 fully saturated rings. The second kappa shape index (κ2) is 16.7. The summed E-state index contributed by atoms with van der Waals surface area (Å²) in [6, 6.07) is 10.2. The Bertz CT molecular complexity index is 1720. The Morgan fingerprint density at radius 1 is 1.12 bits per heavy atom. The highest BCUT2D eigenvalue weighted by Gasteiger charge is 2.38. The van der Waals surface area contributed by atoms with Crippen molar-refractivity contribution in [3.05, 3.63) is 83.4 Å². The lowest BCUT2D eigenvalue weighted by Gasteiger charge is -2.31. The Balaban J connectivity index is 0.00000265. The number of hydrogen-bond acceptors (Lipinski definition) is 7. The smallest absolute Gasteiger partial charge is 0.411 e. The van der Waals surface area contributed by atoms with E-state index < -0.39 is 5.60 Å². The monoisotopic (exact) mass is 665 g/mol. The molecular weight excluding hydrogens is 616 g/mol. The number of aryl methyl sites for hydroxylation is 2. The van der Waals surface area contributed by atoms with Crippen LogP contribution in [0.25, 0.3) is 0 Å². The molecule has 0 spiro atoms. The van der Waals surface area contributed by atoms with E-state index in [9.17, 15) is 4.79 Å². The van der Waals surface area contributed by atoms with Crippen molar-refractivity contribution in [3.63, 3.8) is 0 Å². The van der Waals surface area contributed by atoms with Gasteiger partial charge in [-0.05, 0) is 88.9 Å². The molecule has 0 saturated carbocycles. The van der Waals surface area contributed by atoms with Crippen LogP contribution in [0.2, 0.25) is 0 Å². The first-order valence-electron chi connectivity index (χ1n) is 16.7. The van der Waals surface area contributed by atoms with Crippen LogP contribution in [0.3, 0.4) is 0 Å². The number of carbonyl (C=O) groups is 1. The van der Waals surface area contributed by atoms with Crippen LogP contribution in [0, 0.1) is 26.7 Å². The Hall–Kier alpha value is -5.30. The Morgan fingerprint density at radius 3 is 2.59 bits per heavy atom. The number of rotatable bonds is 8. The number of nitrogens with zero attached hydrogens (tertiary/aromatic N) is 5. The highest BCUT2D eigenvalue weighted by Crippen LogP contribution is 2.38. The number of terminal acetylenes is 1. The molecule has 10 heteroatoms. The van der Waals surface area contributed by atoms with Crippen molar-refractivity contribution in [3.8, 4) is 24.3 Å². The normalized spacial score (nSPS) is 16.0. The molecule has 3 aliphatic heterocycles. The van der Waals surface area contributed by atoms with Crippen molar-refractivity contribution in [2.45, 2.75) is 66.9 Å². The first kappa shape index (κ1) is 36.5. The van der Waals surface area contributed by atoms with Gasteiger partial charge < -0.3 is 19.5 Å². The lowest BCUT2D eigenvalue weighted by molar-refractivity contribution is -0.453. The van der Waals surface area contributed by atoms with E-state index in [0.29, 0.717) is 38.6 Å². The number of carbonyl (C=O) groups excluding carboxylic acids is 1. The fourth-order valence-electron chi connectivity index (χ4n) is 5.46. The van der Waals surface area contributed by atoms with E-state index in [1.54, 1.807) is 4.90 Å². The van der Waals surface area contributed by atoms with E-state index in [1.807, 2.05) is 81.7 Å². The zero-order valence-electron chi connectivity index (χ0n) is 29.8. The third-order valence-electron chi connectivity index (χ3n) is 7.77. The van der Waals surface area contributed by atoms with Crippen LogP contribution in [0.4, 0.5) is 16.2 Å². The highest BCUT2D eigenvalue weighted by molar-refractivity contribution is 6.12. The van der Waals surface area contributed by atoms with E-state index in [-0.39, 0.29) is 6.09 Å². The lowest BCUT2D eigenvalue weighted by Crippen LogP contribution is -2.50. The van der Waals surface area contributed by atoms with Crippen molar-refractivity contribution in [1.29, 1.82) is 0 Å². The van der Waals surface area contributed by atoms with Gasteiger partial charge in [0.2, 0.25) is 17.1 Å². The molecule has 0 aromatic heterocycles. The number of nitrogens with one attached hydrogen (secondary N) is 1. The third kappa shape index (κ3) is 9.41. The van der Waals surface area contributed by atoms with Gasteiger partial charge >= 0.3 is 6.09 Å². The second-order valence-corrected chi connectivity index (χ2v) is 12.7. The molecule has 0 saturated heterocycles. The number of ether oxygens (including phenoxy) is 3. The number of hydrazone groups is 1. The van der Waals surface area contributed by atoms with Gasteiger partial charge in [0.15, 0.2) is 13.2 Å². The fourth-order valence-corrected chi connectivity index (χ4v) is 5.46. The summed E-state index contributed by atoms with van der Waals surface area (Å²) in [5.74, 6) is 3.04. The Kier molecular flexibility index (Phi) is 12.4. The second-order valence-electron chi connectivity index (χ2n) is 12.7. The first-order chi connectivity index (χ1) is 23.6. The minimum atomic E-state index is -0.543. The number of amidine groups is 1. The van der Waals surface area contributed by atoms with Crippen molar-refractivity contribution in [2.24, 2.45) is 10.1 Å². The molecule has 2 aromatic rings. The number of aliphatic imine (C=N–C) groups is 1. The Labute approximate surface area is 291 Å². The minimum Gasteiger partial charge on any atom is -0.475 e. The maximum Gasteiger partial charge on any atom is 0.411 e. The van der Waals surface area contributed by atoms with Crippen molar-refractivity contribution in [2.75, 3.05) is 38.1 Å². The quantitative estimate of drug-likeness (QED) is 0.136. The molecule has 2 aromatic carbocycles. The molecule has 5 rings (SSSR count). The number of fused-ring (bicyclic) bond motifs is 2. The molecule has 0 atom stereocenters. The topological polar surface area (TPSA) is 91.0 Å². The maximum absolute atomic E-state index is 12.8. The number of hydrogen-bond donors (Lipinski definition) is 1. The minimum absolute atomic E-state index is 0.302. The largest absolute Gasteiger partial charge is 0.475 e. The van der Waals surface area contributed by atoms with E-state index in [1.165, 1.54) is 0 Å². The summed E-state index contributed by atoms with van der Waals surface area (Å²) in [4.78, 5) is 19.4. The summed E-state index contributed by atoms with van der Waals surface area (Å²) in [6.07, 6.45) is 21.1. The van der Waals surface area contributed by atoms with Crippen LogP contribution in [-0.4, -0.2) is 76.7 Å². The van der Waals surface area contributed by atoms with E-state index in [0.717, 1.165) is 63.9 Å². The predicted octanol–water partition coefficient (Wildman–Crippen LogP) is 7.55. The first-order valence-corrected chi connectivity index (χ1v) is 16.7. The number of benzene rings is 2. The van der Waals surface area contributed by atoms with Gasteiger partial charge in [0.1, 0.15) is 29.5 Å². The molecule has 0 bridgehead atoms. The summed E-state index contributed by atoms with van der Waals surface area (Å²) in [6.45, 7) is 16.6. The van der Waals surface area contributed by atoms with Crippen LogP contribution in [0.1, 0.15) is 64.2 Å². The molecule has 3 heterocycles. The standard InChI is InChI=1S/C37H47N6O4.C2H2/c1-8-10-18-38-35(40-28-12-14-32(27(4)23-28)46-30-15-19-42(20-16-30)39-17-9-2)33-26(3)11-13-31-34(33)45-25-29-24-41(21-22-43(29)31)36(44)47-37(5,6)7;1-2/h10-19,23H,8-9,20-22,24-25H2,1-7H3,(H,38,40);1-2H/q+1;/b18-10+,39-17-;. The number of amides is 1.